The number of nitrogens with zero attached hydrogens (tertiary/aromatic N) is 1. The van der Waals surface area contributed by atoms with Gasteiger partial charge in [0.1, 0.15) is 0 Å². The number of aliphatic hydroxyl groups is 1. The van der Waals surface area contributed by atoms with E-state index in [1.54, 1.807) is 6.07 Å². The van der Waals surface area contributed by atoms with Crippen LogP contribution in [0, 0.1) is 0 Å². The van der Waals surface area contributed by atoms with Crippen LogP contribution < -0.4 is 11.2 Å². The van der Waals surface area contributed by atoms with Crippen molar-refractivity contribution in [3.63, 3.8) is 0 Å². The smallest absolute Gasteiger partial charge is 0.265 e. The van der Waals surface area contributed by atoms with Gasteiger partial charge < -0.3 is 10.8 Å². The number of hydrogen-bond acceptors (Lipinski definition) is 4. The minimum absolute atomic E-state index is 0. The molecule has 1 aromatic carbocycles. The third-order valence-corrected chi connectivity index (χ3v) is 3.34. The van der Waals surface area contributed by atoms with Gasteiger partial charge >= 0.3 is 0 Å². The van der Waals surface area contributed by atoms with E-state index in [0.29, 0.717) is 12.0 Å². The number of aliphatic hydroxyl groups excluding tert-OH is 1. The van der Waals surface area contributed by atoms with Gasteiger partial charge in [-0.2, -0.15) is 0 Å². The van der Waals surface area contributed by atoms with Gasteiger partial charge in [0, 0.05) is 24.7 Å². The quantitative estimate of drug-likeness (QED) is 0.748. The SMILES string of the molecule is Cl.N[C@@H](CO)Cc1ccccc1C(=O)NN1CCCC1. The van der Waals surface area contributed by atoms with Crippen LogP contribution in [0.5, 0.6) is 0 Å². The number of carbonyl (C=O) groups is 1. The van der Waals surface area contributed by atoms with Gasteiger partial charge in [0.25, 0.3) is 5.91 Å². The number of benzene rings is 1. The first-order valence-electron chi connectivity index (χ1n) is 6.71. The van der Waals surface area contributed by atoms with E-state index in [2.05, 4.69) is 5.43 Å². The van der Waals surface area contributed by atoms with Crippen LogP contribution in [-0.4, -0.2) is 41.8 Å². The normalized spacial score (nSPS) is 16.5. The molecule has 1 fully saturated rings. The Morgan fingerprint density at radius 3 is 2.65 bits per heavy atom. The van der Waals surface area contributed by atoms with Gasteiger partial charge in [0.15, 0.2) is 0 Å². The summed E-state index contributed by atoms with van der Waals surface area (Å²) in [6.45, 7) is 1.73. The van der Waals surface area contributed by atoms with Crippen LogP contribution in [0.15, 0.2) is 24.3 Å². The van der Waals surface area contributed by atoms with Crippen LogP contribution >= 0.6 is 12.4 Å². The Balaban J connectivity index is 0.00000200. The molecule has 2 rings (SSSR count). The maximum Gasteiger partial charge on any atom is 0.265 e. The van der Waals surface area contributed by atoms with Crippen molar-refractivity contribution in [2.24, 2.45) is 5.73 Å². The molecule has 1 aliphatic rings. The highest BCUT2D eigenvalue weighted by molar-refractivity contribution is 5.95. The van der Waals surface area contributed by atoms with Crippen molar-refractivity contribution >= 4 is 18.3 Å². The molecule has 5 nitrogen and oxygen atoms in total. The maximum absolute atomic E-state index is 12.2. The minimum atomic E-state index is -0.333. The summed E-state index contributed by atoms with van der Waals surface area (Å²) in [4.78, 5) is 12.2. The number of nitrogens with two attached hydrogens (primary N) is 1. The second-order valence-electron chi connectivity index (χ2n) is 4.94. The van der Waals surface area contributed by atoms with Gasteiger partial charge in [-0.05, 0) is 30.9 Å². The van der Waals surface area contributed by atoms with Gasteiger partial charge in [-0.15, -0.1) is 12.4 Å². The summed E-state index contributed by atoms with van der Waals surface area (Å²) in [5.41, 5.74) is 10.2. The maximum atomic E-state index is 12.2. The molecule has 1 amide bonds. The van der Waals surface area contributed by atoms with Crippen molar-refractivity contribution in [1.82, 2.24) is 10.4 Å². The average molecular weight is 300 g/mol. The molecule has 0 aliphatic carbocycles. The zero-order chi connectivity index (χ0) is 13.7. The summed E-state index contributed by atoms with van der Waals surface area (Å²) in [7, 11) is 0. The third kappa shape index (κ3) is 4.45. The lowest BCUT2D eigenvalue weighted by molar-refractivity contribution is 0.0824. The van der Waals surface area contributed by atoms with Gasteiger partial charge in [0.05, 0.1) is 6.61 Å². The van der Waals surface area contributed by atoms with Crippen LogP contribution in [0.3, 0.4) is 0 Å². The van der Waals surface area contributed by atoms with Gasteiger partial charge in [0.2, 0.25) is 0 Å². The lowest BCUT2D eigenvalue weighted by Gasteiger charge is -2.18. The Labute approximate surface area is 125 Å². The minimum Gasteiger partial charge on any atom is -0.395 e. The van der Waals surface area contributed by atoms with Crippen molar-refractivity contribution < 1.29 is 9.90 Å². The summed E-state index contributed by atoms with van der Waals surface area (Å²) in [6, 6.07) is 7.07. The number of halogens is 1. The van der Waals surface area contributed by atoms with Crippen molar-refractivity contribution in [3.05, 3.63) is 35.4 Å². The molecule has 20 heavy (non-hydrogen) atoms. The van der Waals surface area contributed by atoms with Crippen molar-refractivity contribution in [2.45, 2.75) is 25.3 Å². The fourth-order valence-corrected chi connectivity index (χ4v) is 2.30. The number of nitrogens with one attached hydrogen (secondary N) is 1. The third-order valence-electron chi connectivity index (χ3n) is 3.34. The highest BCUT2D eigenvalue weighted by atomic mass is 35.5. The molecular weight excluding hydrogens is 278 g/mol. The molecule has 0 saturated carbocycles. The van der Waals surface area contributed by atoms with Crippen LogP contribution in [-0.2, 0) is 6.42 Å². The Kier molecular flexibility index (Phi) is 6.95. The Bertz CT molecular complexity index is 436. The van der Waals surface area contributed by atoms with Crippen molar-refractivity contribution in [3.8, 4) is 0 Å². The fraction of sp³-hybridized carbons (Fsp3) is 0.500. The van der Waals surface area contributed by atoms with Gasteiger partial charge in [-0.25, -0.2) is 5.01 Å². The van der Waals surface area contributed by atoms with E-state index in [1.807, 2.05) is 23.2 Å². The molecule has 6 heteroatoms. The molecule has 0 unspecified atom stereocenters. The first-order valence-corrected chi connectivity index (χ1v) is 6.71. The molecule has 0 aromatic heterocycles. The van der Waals surface area contributed by atoms with Crippen LogP contribution in [0.2, 0.25) is 0 Å². The standard InChI is InChI=1S/C14H21N3O2.ClH/c15-12(10-18)9-11-5-1-2-6-13(11)14(19)16-17-7-3-4-8-17;/h1-2,5-6,12,18H,3-4,7-10,15H2,(H,16,19);1H/t12-;/m1./s1. The summed E-state index contributed by atoms with van der Waals surface area (Å²) in [5.74, 6) is -0.0948. The Morgan fingerprint density at radius 1 is 1.35 bits per heavy atom. The highest BCUT2D eigenvalue weighted by Gasteiger charge is 2.17. The monoisotopic (exact) mass is 299 g/mol. The second-order valence-corrected chi connectivity index (χ2v) is 4.94. The molecule has 4 N–H and O–H groups in total. The molecule has 1 saturated heterocycles. The second kappa shape index (κ2) is 8.21. The predicted octanol–water partition coefficient (Wildman–Crippen LogP) is 0.711. The van der Waals surface area contributed by atoms with E-state index in [1.165, 1.54) is 0 Å². The van der Waals surface area contributed by atoms with Crippen molar-refractivity contribution in [2.75, 3.05) is 19.7 Å². The van der Waals surface area contributed by atoms with E-state index in [-0.39, 0.29) is 31.0 Å². The molecule has 1 heterocycles. The van der Waals surface area contributed by atoms with E-state index >= 15 is 0 Å². The first kappa shape index (κ1) is 16.9. The fourth-order valence-electron chi connectivity index (χ4n) is 2.30. The number of rotatable bonds is 5. The topological polar surface area (TPSA) is 78.6 Å². The van der Waals surface area contributed by atoms with E-state index in [4.69, 9.17) is 10.8 Å². The van der Waals surface area contributed by atoms with Crippen LogP contribution in [0.4, 0.5) is 0 Å². The summed E-state index contributed by atoms with van der Waals surface area (Å²) >= 11 is 0. The lowest BCUT2D eigenvalue weighted by Crippen LogP contribution is -2.40. The Hall–Kier alpha value is -1.14. The number of amides is 1. The molecule has 0 radical (unpaired) electrons. The van der Waals surface area contributed by atoms with Crippen molar-refractivity contribution in [1.29, 1.82) is 0 Å². The average Bonchev–Trinajstić information content (AvgIpc) is 2.92. The number of hydrogen-bond donors (Lipinski definition) is 3. The van der Waals surface area contributed by atoms with E-state index in [0.717, 1.165) is 31.5 Å². The molecule has 112 valence electrons. The predicted molar refractivity (Wildman–Crippen MR) is 80.7 cm³/mol. The Morgan fingerprint density at radius 2 is 2.00 bits per heavy atom. The molecule has 1 aliphatic heterocycles. The molecule has 0 bridgehead atoms. The summed E-state index contributed by atoms with van der Waals surface area (Å²) in [5, 5.41) is 11.0. The molecule has 1 aromatic rings. The van der Waals surface area contributed by atoms with Crippen LogP contribution in [0.25, 0.3) is 0 Å². The number of hydrazine groups is 1. The largest absolute Gasteiger partial charge is 0.395 e. The molecule has 0 spiro atoms. The first-order chi connectivity index (χ1) is 9.20. The summed E-state index contributed by atoms with van der Waals surface area (Å²) in [6.07, 6.45) is 2.74. The van der Waals surface area contributed by atoms with Gasteiger partial charge in [-0.3, -0.25) is 10.2 Å². The van der Waals surface area contributed by atoms with Gasteiger partial charge in [-0.1, -0.05) is 18.2 Å². The molecule has 1 atom stereocenters. The summed E-state index contributed by atoms with van der Waals surface area (Å²) < 4.78 is 0. The van der Waals surface area contributed by atoms with Crippen LogP contribution in [0.1, 0.15) is 28.8 Å². The zero-order valence-corrected chi connectivity index (χ0v) is 12.2. The highest BCUT2D eigenvalue weighted by Crippen LogP contribution is 2.12. The lowest BCUT2D eigenvalue weighted by atomic mass is 10.0. The van der Waals surface area contributed by atoms with E-state index < -0.39 is 0 Å². The zero-order valence-electron chi connectivity index (χ0n) is 11.4. The molecular formula is C14H22ClN3O2. The number of carbonyl (C=O) groups excluding carboxylic acids is 1. The van der Waals surface area contributed by atoms with E-state index in [9.17, 15) is 4.79 Å².